The van der Waals surface area contributed by atoms with Crippen LogP contribution in [0.3, 0.4) is 0 Å². The Morgan fingerprint density at radius 2 is 1.78 bits per heavy atom. The average Bonchev–Trinajstić information content (AvgIpc) is 2.87. The first-order valence-electron chi connectivity index (χ1n) is 5.84. The summed E-state index contributed by atoms with van der Waals surface area (Å²) in [6.07, 6.45) is 2.66. The number of carbonyl (C=O) groups is 1. The third kappa shape index (κ3) is 2.03. The van der Waals surface area contributed by atoms with Gasteiger partial charge in [0.2, 0.25) is 5.95 Å². The summed E-state index contributed by atoms with van der Waals surface area (Å²) >= 11 is 3.31. The van der Waals surface area contributed by atoms with Crippen LogP contribution in [0.1, 0.15) is 0 Å². The predicted molar refractivity (Wildman–Crippen MR) is 68.5 cm³/mol. The van der Waals surface area contributed by atoms with E-state index in [4.69, 9.17) is 5.11 Å². The van der Waals surface area contributed by atoms with Crippen molar-refractivity contribution in [1.82, 2.24) is 14.9 Å². The number of carboxylic acid groups (broad SMARTS) is 1. The lowest BCUT2D eigenvalue weighted by molar-refractivity contribution is 0.153. The van der Waals surface area contributed by atoms with Crippen molar-refractivity contribution in [3.05, 3.63) is 16.9 Å². The second-order valence-corrected chi connectivity index (χ2v) is 5.73. The van der Waals surface area contributed by atoms with E-state index in [1.54, 1.807) is 12.4 Å². The Morgan fingerprint density at radius 3 is 2.28 bits per heavy atom. The summed E-state index contributed by atoms with van der Waals surface area (Å²) in [6.45, 7) is 2.95. The quantitative estimate of drug-likeness (QED) is 0.846. The number of halogens is 1. The Balaban J connectivity index is 1.68. The summed E-state index contributed by atoms with van der Waals surface area (Å²) in [6, 6.07) is 0. The van der Waals surface area contributed by atoms with Crippen molar-refractivity contribution >= 4 is 28.0 Å². The maximum atomic E-state index is 10.9. The normalized spacial score (nSPS) is 26.5. The number of hydrogen-bond donors (Lipinski definition) is 1. The van der Waals surface area contributed by atoms with Crippen molar-refractivity contribution in [2.45, 2.75) is 0 Å². The number of hydrogen-bond acceptors (Lipinski definition) is 4. The van der Waals surface area contributed by atoms with Gasteiger partial charge in [-0.1, -0.05) is 0 Å². The monoisotopic (exact) mass is 312 g/mol. The van der Waals surface area contributed by atoms with Gasteiger partial charge in [0.15, 0.2) is 0 Å². The summed E-state index contributed by atoms with van der Waals surface area (Å²) in [7, 11) is 0. The number of anilines is 1. The summed E-state index contributed by atoms with van der Waals surface area (Å²) in [4.78, 5) is 23.1. The molecule has 0 radical (unpaired) electrons. The lowest BCUT2D eigenvalue weighted by atomic mass is 10.0. The molecule has 0 aliphatic carbocycles. The summed E-state index contributed by atoms with van der Waals surface area (Å²) < 4.78 is 0.864. The molecule has 0 aromatic carbocycles. The molecule has 2 saturated heterocycles. The van der Waals surface area contributed by atoms with Crippen molar-refractivity contribution in [2.24, 2.45) is 11.8 Å². The number of amides is 1. The molecule has 1 aromatic rings. The number of rotatable bonds is 1. The number of fused-ring (bicyclic) bond motifs is 1. The minimum Gasteiger partial charge on any atom is -0.465 e. The van der Waals surface area contributed by atoms with E-state index in [0.717, 1.165) is 23.5 Å². The van der Waals surface area contributed by atoms with E-state index in [-0.39, 0.29) is 0 Å². The van der Waals surface area contributed by atoms with Gasteiger partial charge in [-0.3, -0.25) is 0 Å². The molecule has 6 nitrogen and oxygen atoms in total. The zero-order chi connectivity index (χ0) is 12.7. The van der Waals surface area contributed by atoms with E-state index in [1.165, 1.54) is 4.90 Å². The molecular formula is C11H13BrN4O2. The summed E-state index contributed by atoms with van der Waals surface area (Å²) in [5.41, 5.74) is 0. The second kappa shape index (κ2) is 4.38. The van der Waals surface area contributed by atoms with Crippen LogP contribution >= 0.6 is 15.9 Å². The van der Waals surface area contributed by atoms with E-state index in [1.807, 2.05) is 0 Å². The smallest absolute Gasteiger partial charge is 0.407 e. The SMILES string of the molecule is O=C(O)N1CC2CN(c3ncc(Br)cn3)CC2C1. The van der Waals surface area contributed by atoms with Crippen LogP contribution in [0.15, 0.2) is 16.9 Å². The Labute approximate surface area is 113 Å². The van der Waals surface area contributed by atoms with Crippen LogP contribution in [0.25, 0.3) is 0 Å². The first kappa shape index (κ1) is 11.7. The maximum absolute atomic E-state index is 10.9. The Morgan fingerprint density at radius 1 is 1.22 bits per heavy atom. The molecule has 96 valence electrons. The first-order chi connectivity index (χ1) is 8.63. The van der Waals surface area contributed by atoms with Gasteiger partial charge in [-0.05, 0) is 15.9 Å². The number of nitrogens with zero attached hydrogens (tertiary/aromatic N) is 4. The molecule has 1 aromatic heterocycles. The molecule has 2 aliphatic heterocycles. The van der Waals surface area contributed by atoms with Crippen LogP contribution in [0.5, 0.6) is 0 Å². The van der Waals surface area contributed by atoms with Gasteiger partial charge in [0.1, 0.15) is 0 Å². The van der Waals surface area contributed by atoms with E-state index >= 15 is 0 Å². The van der Waals surface area contributed by atoms with Gasteiger partial charge in [-0.15, -0.1) is 0 Å². The molecule has 0 saturated carbocycles. The van der Waals surface area contributed by atoms with Crippen LogP contribution in [-0.4, -0.2) is 52.2 Å². The molecule has 1 amide bonds. The average molecular weight is 313 g/mol. The van der Waals surface area contributed by atoms with Crippen molar-refractivity contribution in [1.29, 1.82) is 0 Å². The van der Waals surface area contributed by atoms with Crippen molar-refractivity contribution < 1.29 is 9.90 Å². The fraction of sp³-hybridized carbons (Fsp3) is 0.545. The Kier molecular flexibility index (Phi) is 2.85. The van der Waals surface area contributed by atoms with Crippen molar-refractivity contribution in [3.63, 3.8) is 0 Å². The fourth-order valence-electron chi connectivity index (χ4n) is 2.78. The van der Waals surface area contributed by atoms with Gasteiger partial charge in [-0.2, -0.15) is 0 Å². The van der Waals surface area contributed by atoms with Gasteiger partial charge in [0.05, 0.1) is 4.47 Å². The Bertz CT molecular complexity index is 453. The van der Waals surface area contributed by atoms with E-state index in [0.29, 0.717) is 24.9 Å². The fourth-order valence-corrected chi connectivity index (χ4v) is 2.99. The third-order valence-corrected chi connectivity index (χ3v) is 4.06. The molecule has 2 aliphatic rings. The largest absolute Gasteiger partial charge is 0.465 e. The van der Waals surface area contributed by atoms with E-state index in [9.17, 15) is 4.79 Å². The lowest BCUT2D eigenvalue weighted by Crippen LogP contribution is -2.32. The molecular weight excluding hydrogens is 300 g/mol. The molecule has 0 spiro atoms. The second-order valence-electron chi connectivity index (χ2n) is 4.81. The van der Waals surface area contributed by atoms with Crippen LogP contribution < -0.4 is 4.90 Å². The number of likely N-dealkylation sites (tertiary alicyclic amines) is 1. The first-order valence-corrected chi connectivity index (χ1v) is 6.63. The molecule has 7 heteroatoms. The highest BCUT2D eigenvalue weighted by Gasteiger charge is 2.42. The van der Waals surface area contributed by atoms with Gasteiger partial charge in [-0.25, -0.2) is 14.8 Å². The highest BCUT2D eigenvalue weighted by atomic mass is 79.9. The van der Waals surface area contributed by atoms with Crippen molar-refractivity contribution in [2.75, 3.05) is 31.1 Å². The zero-order valence-corrected chi connectivity index (χ0v) is 11.2. The molecule has 0 bridgehead atoms. The van der Waals surface area contributed by atoms with Crippen LogP contribution in [0, 0.1) is 11.8 Å². The predicted octanol–water partition coefficient (Wildman–Crippen LogP) is 1.29. The molecule has 2 fully saturated rings. The molecule has 1 N–H and O–H groups in total. The van der Waals surface area contributed by atoms with Gasteiger partial charge in [0, 0.05) is 50.4 Å². The standard InChI is InChI=1S/C11H13BrN4O2/c12-9-1-13-10(14-2-9)15-3-7-5-16(11(17)18)6-8(7)4-15/h1-2,7-8H,3-6H2,(H,17,18). The van der Waals surface area contributed by atoms with E-state index < -0.39 is 6.09 Å². The maximum Gasteiger partial charge on any atom is 0.407 e. The minimum absolute atomic E-state index is 0.411. The lowest BCUT2D eigenvalue weighted by Gasteiger charge is -2.19. The summed E-state index contributed by atoms with van der Waals surface area (Å²) in [5, 5.41) is 8.96. The molecule has 3 rings (SSSR count). The molecule has 3 heterocycles. The van der Waals surface area contributed by atoms with Gasteiger partial charge >= 0.3 is 6.09 Å². The Hall–Kier alpha value is -1.37. The molecule has 2 unspecified atom stereocenters. The summed E-state index contributed by atoms with van der Waals surface area (Å²) in [5.74, 6) is 1.55. The van der Waals surface area contributed by atoms with Crippen LogP contribution in [0.2, 0.25) is 0 Å². The van der Waals surface area contributed by atoms with Crippen LogP contribution in [0.4, 0.5) is 10.7 Å². The molecule has 2 atom stereocenters. The van der Waals surface area contributed by atoms with Crippen molar-refractivity contribution in [3.8, 4) is 0 Å². The van der Waals surface area contributed by atoms with Gasteiger partial charge < -0.3 is 14.9 Å². The molecule has 18 heavy (non-hydrogen) atoms. The topological polar surface area (TPSA) is 69.6 Å². The highest BCUT2D eigenvalue weighted by molar-refractivity contribution is 9.10. The van der Waals surface area contributed by atoms with Gasteiger partial charge in [0.25, 0.3) is 0 Å². The van der Waals surface area contributed by atoms with E-state index in [2.05, 4.69) is 30.8 Å². The minimum atomic E-state index is -0.809. The highest BCUT2D eigenvalue weighted by Crippen LogP contribution is 2.32. The van der Waals surface area contributed by atoms with Crippen LogP contribution in [-0.2, 0) is 0 Å². The zero-order valence-electron chi connectivity index (χ0n) is 9.66. The number of aromatic nitrogens is 2. The third-order valence-electron chi connectivity index (χ3n) is 3.65.